The Labute approximate surface area is 148 Å². The number of benzene rings is 1. The number of rotatable bonds is 5. The Hall–Kier alpha value is -1.59. The maximum absolute atomic E-state index is 13.0. The summed E-state index contributed by atoms with van der Waals surface area (Å²) >= 11 is 0. The molecule has 0 aromatic heterocycles. The summed E-state index contributed by atoms with van der Waals surface area (Å²) < 4.78 is 11.4. The first kappa shape index (κ1) is 16.9. The maximum atomic E-state index is 13.0. The van der Waals surface area contributed by atoms with Gasteiger partial charge in [-0.05, 0) is 55.9 Å². The van der Waals surface area contributed by atoms with Crippen LogP contribution in [0.5, 0.6) is 5.75 Å². The minimum atomic E-state index is -0.319. The molecule has 3 atom stereocenters. The van der Waals surface area contributed by atoms with Crippen molar-refractivity contribution >= 4 is 5.91 Å². The number of carbonyl (C=O) groups is 1. The highest BCUT2D eigenvalue weighted by Gasteiger charge is 2.39. The highest BCUT2D eigenvalue weighted by molar-refractivity contribution is 5.94. The molecule has 1 heterocycles. The molecule has 2 aliphatic carbocycles. The van der Waals surface area contributed by atoms with Gasteiger partial charge in [0.25, 0.3) is 5.91 Å². The van der Waals surface area contributed by atoms with Gasteiger partial charge >= 0.3 is 0 Å². The van der Waals surface area contributed by atoms with Crippen LogP contribution in [0.1, 0.15) is 42.5 Å². The fourth-order valence-corrected chi connectivity index (χ4v) is 4.01. The zero-order chi connectivity index (χ0) is 17.2. The van der Waals surface area contributed by atoms with Crippen molar-refractivity contribution in [2.24, 2.45) is 11.8 Å². The van der Waals surface area contributed by atoms with Gasteiger partial charge in [-0.2, -0.15) is 0 Å². The average Bonchev–Trinajstić information content (AvgIpc) is 3.39. The van der Waals surface area contributed by atoms with Gasteiger partial charge in [-0.1, -0.05) is 6.42 Å². The molecule has 0 spiro atoms. The van der Waals surface area contributed by atoms with Crippen molar-refractivity contribution in [1.82, 2.24) is 4.90 Å². The van der Waals surface area contributed by atoms with Crippen molar-refractivity contribution in [3.63, 3.8) is 0 Å². The van der Waals surface area contributed by atoms with Gasteiger partial charge in [0.15, 0.2) is 0 Å². The molecule has 3 aliphatic rings. The van der Waals surface area contributed by atoms with E-state index in [-0.39, 0.29) is 24.0 Å². The second-order valence-corrected chi connectivity index (χ2v) is 7.58. The molecule has 2 saturated carbocycles. The lowest BCUT2D eigenvalue weighted by Crippen LogP contribution is -2.53. The number of ether oxygens (including phenoxy) is 2. The second-order valence-electron chi connectivity index (χ2n) is 7.58. The number of nitrogens with zero attached hydrogens (tertiary/aromatic N) is 1. The molecule has 0 radical (unpaired) electrons. The third-order valence-electron chi connectivity index (χ3n) is 5.74. The maximum Gasteiger partial charge on any atom is 0.254 e. The van der Waals surface area contributed by atoms with Crippen LogP contribution in [0.2, 0.25) is 0 Å². The van der Waals surface area contributed by atoms with Crippen LogP contribution in [0.3, 0.4) is 0 Å². The third kappa shape index (κ3) is 3.82. The molecule has 1 amide bonds. The summed E-state index contributed by atoms with van der Waals surface area (Å²) in [6.07, 6.45) is 5.03. The van der Waals surface area contributed by atoms with Crippen molar-refractivity contribution < 1.29 is 19.4 Å². The van der Waals surface area contributed by atoms with Gasteiger partial charge in [0.05, 0.1) is 32.0 Å². The lowest BCUT2D eigenvalue weighted by atomic mass is 9.93. The summed E-state index contributed by atoms with van der Waals surface area (Å²) in [7, 11) is 0. The quantitative estimate of drug-likeness (QED) is 0.891. The molecule has 1 aliphatic heterocycles. The van der Waals surface area contributed by atoms with Gasteiger partial charge in [0.1, 0.15) is 5.75 Å². The molecular formula is C20H27NO4. The molecule has 3 unspecified atom stereocenters. The largest absolute Gasteiger partial charge is 0.493 e. The highest BCUT2D eigenvalue weighted by Crippen LogP contribution is 2.33. The third-order valence-corrected chi connectivity index (χ3v) is 5.74. The lowest BCUT2D eigenvalue weighted by Gasteiger charge is -2.40. The minimum Gasteiger partial charge on any atom is -0.493 e. The Morgan fingerprint density at radius 3 is 2.68 bits per heavy atom. The summed E-state index contributed by atoms with van der Waals surface area (Å²) in [5.74, 6) is 1.70. The Morgan fingerprint density at radius 2 is 2.00 bits per heavy atom. The van der Waals surface area contributed by atoms with Gasteiger partial charge in [-0.25, -0.2) is 0 Å². The van der Waals surface area contributed by atoms with E-state index in [1.807, 2.05) is 29.2 Å². The van der Waals surface area contributed by atoms with E-state index in [2.05, 4.69) is 0 Å². The van der Waals surface area contributed by atoms with E-state index in [9.17, 15) is 9.90 Å². The Morgan fingerprint density at radius 1 is 1.20 bits per heavy atom. The van der Waals surface area contributed by atoms with Crippen LogP contribution < -0.4 is 4.74 Å². The predicted octanol–water partition coefficient (Wildman–Crippen LogP) is 2.48. The van der Waals surface area contributed by atoms with Crippen molar-refractivity contribution in [2.45, 2.75) is 44.2 Å². The Balaban J connectivity index is 1.43. The topological polar surface area (TPSA) is 59.0 Å². The summed E-state index contributed by atoms with van der Waals surface area (Å²) in [6.45, 7) is 2.45. The first-order valence-corrected chi connectivity index (χ1v) is 9.52. The van der Waals surface area contributed by atoms with Gasteiger partial charge in [0.2, 0.25) is 0 Å². The van der Waals surface area contributed by atoms with E-state index in [1.54, 1.807) is 0 Å². The summed E-state index contributed by atoms with van der Waals surface area (Å²) in [4.78, 5) is 14.9. The first-order chi connectivity index (χ1) is 12.2. The fraction of sp³-hybridized carbons (Fsp3) is 0.650. The van der Waals surface area contributed by atoms with Crippen molar-refractivity contribution in [3.8, 4) is 5.75 Å². The van der Waals surface area contributed by atoms with Crippen molar-refractivity contribution in [3.05, 3.63) is 29.8 Å². The molecule has 0 bridgehead atoms. The van der Waals surface area contributed by atoms with Crippen LogP contribution in [-0.2, 0) is 4.74 Å². The molecule has 136 valence electrons. The molecule has 4 rings (SSSR count). The zero-order valence-corrected chi connectivity index (χ0v) is 14.6. The number of amides is 1. The van der Waals surface area contributed by atoms with E-state index in [4.69, 9.17) is 9.47 Å². The molecule has 3 fully saturated rings. The number of carbonyl (C=O) groups excluding carboxylic acids is 1. The number of morpholine rings is 1. The Bertz CT molecular complexity index is 598. The molecule has 25 heavy (non-hydrogen) atoms. The average molecular weight is 345 g/mol. The van der Waals surface area contributed by atoms with Gasteiger partial charge in [0, 0.05) is 18.0 Å². The predicted molar refractivity (Wildman–Crippen MR) is 93.7 cm³/mol. The molecule has 5 heteroatoms. The first-order valence-electron chi connectivity index (χ1n) is 9.52. The number of hydrogen-bond donors (Lipinski definition) is 1. The molecule has 1 aromatic rings. The van der Waals surface area contributed by atoms with E-state index in [0.717, 1.165) is 31.6 Å². The van der Waals surface area contributed by atoms with Crippen LogP contribution in [0.15, 0.2) is 24.3 Å². The van der Waals surface area contributed by atoms with Gasteiger partial charge < -0.3 is 19.5 Å². The molecular weight excluding hydrogens is 318 g/mol. The van der Waals surface area contributed by atoms with Gasteiger partial charge in [-0.15, -0.1) is 0 Å². The van der Waals surface area contributed by atoms with E-state index >= 15 is 0 Å². The van der Waals surface area contributed by atoms with E-state index in [0.29, 0.717) is 31.2 Å². The highest BCUT2D eigenvalue weighted by atomic mass is 16.5. The SMILES string of the molecule is O=C(c1ccc(OCC2CC2)cc1)N1CCOCC1C1CCCC1O. The van der Waals surface area contributed by atoms with E-state index in [1.165, 1.54) is 12.8 Å². The number of aliphatic hydroxyl groups is 1. The normalized spacial score (nSPS) is 29.6. The number of aliphatic hydroxyl groups excluding tert-OH is 1. The van der Waals surface area contributed by atoms with E-state index < -0.39 is 0 Å². The smallest absolute Gasteiger partial charge is 0.254 e. The molecule has 1 aromatic carbocycles. The summed E-state index contributed by atoms with van der Waals surface area (Å²) in [6, 6.07) is 7.44. The van der Waals surface area contributed by atoms with Crippen LogP contribution in [0.25, 0.3) is 0 Å². The van der Waals surface area contributed by atoms with Crippen LogP contribution in [0.4, 0.5) is 0 Å². The molecule has 1 N–H and O–H groups in total. The Kier molecular flexibility index (Phi) is 4.95. The second kappa shape index (κ2) is 7.34. The van der Waals surface area contributed by atoms with Crippen LogP contribution in [-0.4, -0.2) is 54.4 Å². The summed E-state index contributed by atoms with van der Waals surface area (Å²) in [5, 5.41) is 10.2. The monoisotopic (exact) mass is 345 g/mol. The molecule has 1 saturated heterocycles. The zero-order valence-electron chi connectivity index (χ0n) is 14.6. The van der Waals surface area contributed by atoms with Crippen LogP contribution >= 0.6 is 0 Å². The van der Waals surface area contributed by atoms with Gasteiger partial charge in [-0.3, -0.25) is 4.79 Å². The molecule has 5 nitrogen and oxygen atoms in total. The van der Waals surface area contributed by atoms with Crippen LogP contribution in [0, 0.1) is 11.8 Å². The van der Waals surface area contributed by atoms with Crippen molar-refractivity contribution in [1.29, 1.82) is 0 Å². The minimum absolute atomic E-state index is 0.0236. The fourth-order valence-electron chi connectivity index (χ4n) is 4.01. The standard InChI is InChI=1S/C20H27NO4/c22-19-3-1-2-17(19)18-13-24-11-10-21(18)20(23)15-6-8-16(9-7-15)25-12-14-4-5-14/h6-9,14,17-19,22H,1-5,10-13H2. The number of hydrogen-bond acceptors (Lipinski definition) is 4. The lowest BCUT2D eigenvalue weighted by molar-refractivity contribution is -0.0383. The summed E-state index contributed by atoms with van der Waals surface area (Å²) in [5.41, 5.74) is 0.679. The van der Waals surface area contributed by atoms with Crippen molar-refractivity contribution in [2.75, 3.05) is 26.4 Å².